The lowest BCUT2D eigenvalue weighted by atomic mass is 9.81. The van der Waals surface area contributed by atoms with Gasteiger partial charge in [0.15, 0.2) is 0 Å². The van der Waals surface area contributed by atoms with E-state index in [0.29, 0.717) is 0 Å². The maximum atomic E-state index is 12.8. The molecule has 10 nitrogen and oxygen atoms in total. The van der Waals surface area contributed by atoms with E-state index in [2.05, 4.69) is 21.3 Å². The summed E-state index contributed by atoms with van der Waals surface area (Å²) >= 11 is 0. The van der Waals surface area contributed by atoms with Gasteiger partial charge in [0.2, 0.25) is 23.6 Å². The Balaban J connectivity index is 2.69. The Morgan fingerprint density at radius 1 is 0.966 bits per heavy atom. The van der Waals surface area contributed by atoms with Crippen molar-refractivity contribution in [1.82, 2.24) is 21.3 Å². The molecule has 0 aliphatic heterocycles. The van der Waals surface area contributed by atoms with Crippen molar-refractivity contribution in [2.75, 3.05) is 6.54 Å². The van der Waals surface area contributed by atoms with E-state index in [0.717, 1.165) is 25.7 Å². The summed E-state index contributed by atoms with van der Waals surface area (Å²) < 4.78 is 0. The summed E-state index contributed by atoms with van der Waals surface area (Å²) in [5, 5.41) is 28.2. The number of hydrogen-bond donors (Lipinski definition) is 6. The Bertz CT molecular complexity index is 595. The van der Waals surface area contributed by atoms with Crippen molar-refractivity contribution in [3.05, 3.63) is 0 Å². The fourth-order valence-corrected chi connectivity index (χ4v) is 3.34. The predicted molar refractivity (Wildman–Crippen MR) is 107 cm³/mol. The molecule has 0 bridgehead atoms. The molecule has 1 saturated carbocycles. The lowest BCUT2D eigenvalue weighted by Crippen LogP contribution is -2.57. The van der Waals surface area contributed by atoms with Gasteiger partial charge in [0.25, 0.3) is 0 Å². The van der Waals surface area contributed by atoms with Crippen molar-refractivity contribution in [1.29, 1.82) is 0 Å². The van der Waals surface area contributed by atoms with E-state index in [9.17, 15) is 19.2 Å². The number of nitrogens with one attached hydrogen (secondary N) is 4. The van der Waals surface area contributed by atoms with Crippen LogP contribution in [0, 0.1) is 11.8 Å². The fourth-order valence-electron chi connectivity index (χ4n) is 3.34. The van der Waals surface area contributed by atoms with Gasteiger partial charge in [-0.05, 0) is 31.6 Å². The van der Waals surface area contributed by atoms with Crippen LogP contribution in [0.4, 0.5) is 0 Å². The van der Waals surface area contributed by atoms with Gasteiger partial charge < -0.3 is 31.3 Å². The van der Waals surface area contributed by atoms with Gasteiger partial charge in [0, 0.05) is 6.92 Å². The third-order valence-corrected chi connectivity index (χ3v) is 5.02. The molecule has 3 unspecified atom stereocenters. The first-order chi connectivity index (χ1) is 13.5. The Labute approximate surface area is 171 Å². The molecular formula is C18H33BN4O6. The van der Waals surface area contributed by atoms with Crippen LogP contribution in [0.5, 0.6) is 0 Å². The quantitative estimate of drug-likeness (QED) is 0.239. The second-order valence-corrected chi connectivity index (χ2v) is 7.94. The topological polar surface area (TPSA) is 157 Å². The first kappa shape index (κ1) is 24.9. The number of hydrogen-bond acceptors (Lipinski definition) is 6. The first-order valence-corrected chi connectivity index (χ1v) is 10.0. The Morgan fingerprint density at radius 2 is 1.55 bits per heavy atom. The second-order valence-electron chi connectivity index (χ2n) is 7.94. The highest BCUT2D eigenvalue weighted by Gasteiger charge is 2.34. The molecule has 4 amide bonds. The minimum absolute atomic E-state index is 0.0342. The molecule has 0 heterocycles. The van der Waals surface area contributed by atoms with Crippen LogP contribution in [0.15, 0.2) is 0 Å². The van der Waals surface area contributed by atoms with Crippen LogP contribution in [0.3, 0.4) is 0 Å². The number of carbonyl (C=O) groups excluding carboxylic acids is 4. The Hall–Kier alpha value is -2.14. The Morgan fingerprint density at radius 3 is 2.03 bits per heavy atom. The van der Waals surface area contributed by atoms with Gasteiger partial charge in [-0.2, -0.15) is 0 Å². The molecule has 1 fully saturated rings. The van der Waals surface area contributed by atoms with E-state index in [4.69, 9.17) is 10.0 Å². The van der Waals surface area contributed by atoms with Crippen molar-refractivity contribution < 1.29 is 29.2 Å². The van der Waals surface area contributed by atoms with Crippen LogP contribution < -0.4 is 21.3 Å². The molecule has 1 aliphatic rings. The molecule has 11 heteroatoms. The zero-order valence-corrected chi connectivity index (χ0v) is 17.5. The third-order valence-electron chi connectivity index (χ3n) is 5.02. The molecule has 1 rings (SSSR count). The van der Waals surface area contributed by atoms with E-state index in [1.165, 1.54) is 13.8 Å². The molecule has 0 aromatic carbocycles. The summed E-state index contributed by atoms with van der Waals surface area (Å²) in [6.07, 6.45) is 3.67. The van der Waals surface area contributed by atoms with Gasteiger partial charge in [-0.15, -0.1) is 0 Å². The SMILES string of the molecule is CC(=O)NC(C(=O)NC(C(=O)NCC(=O)NC(C)B(O)O)C(C)C)C1CCCC1. The highest BCUT2D eigenvalue weighted by atomic mass is 16.4. The maximum Gasteiger partial charge on any atom is 0.475 e. The molecule has 0 saturated heterocycles. The molecule has 3 atom stereocenters. The standard InChI is InChI=1S/C18H33BN4O6/c1-10(2)15(17(26)20-9-14(25)21-11(3)19(28)29)23-18(27)16(22-12(4)24)13-7-5-6-8-13/h10-11,13,15-16,28-29H,5-9H2,1-4H3,(H,20,26)(H,21,25)(H,22,24)(H,23,27). The summed E-state index contributed by atoms with van der Waals surface area (Å²) in [7, 11) is -1.71. The summed E-state index contributed by atoms with van der Waals surface area (Å²) in [6.45, 7) is 5.92. The molecule has 0 spiro atoms. The highest BCUT2D eigenvalue weighted by molar-refractivity contribution is 6.43. The van der Waals surface area contributed by atoms with E-state index in [1.807, 2.05) is 0 Å². The lowest BCUT2D eigenvalue weighted by Gasteiger charge is -2.27. The largest absolute Gasteiger partial charge is 0.475 e. The minimum atomic E-state index is -1.71. The van der Waals surface area contributed by atoms with E-state index >= 15 is 0 Å². The van der Waals surface area contributed by atoms with Crippen molar-refractivity contribution >= 4 is 30.7 Å². The molecular weight excluding hydrogens is 379 g/mol. The maximum absolute atomic E-state index is 12.8. The van der Waals surface area contributed by atoms with Crippen LogP contribution in [-0.2, 0) is 19.2 Å². The van der Waals surface area contributed by atoms with E-state index in [1.54, 1.807) is 13.8 Å². The van der Waals surface area contributed by atoms with E-state index < -0.39 is 42.9 Å². The van der Waals surface area contributed by atoms with Gasteiger partial charge in [-0.25, -0.2) is 0 Å². The number of amides is 4. The van der Waals surface area contributed by atoms with Gasteiger partial charge in [0.1, 0.15) is 12.1 Å². The molecule has 0 aromatic heterocycles. The molecule has 0 radical (unpaired) electrons. The zero-order valence-electron chi connectivity index (χ0n) is 17.5. The summed E-state index contributed by atoms with van der Waals surface area (Å²) in [5.41, 5.74) is 0. The van der Waals surface area contributed by atoms with Gasteiger partial charge >= 0.3 is 7.12 Å². The van der Waals surface area contributed by atoms with Crippen molar-refractivity contribution in [2.24, 2.45) is 11.8 Å². The fraction of sp³-hybridized carbons (Fsp3) is 0.778. The first-order valence-electron chi connectivity index (χ1n) is 10.0. The Kier molecular flexibility index (Phi) is 10.1. The summed E-state index contributed by atoms with van der Waals surface area (Å²) in [4.78, 5) is 48.7. The number of carbonyl (C=O) groups is 4. The predicted octanol–water partition coefficient (Wildman–Crippen LogP) is -1.54. The van der Waals surface area contributed by atoms with Crippen molar-refractivity contribution in [2.45, 2.75) is 71.4 Å². The van der Waals surface area contributed by atoms with E-state index in [-0.39, 0.29) is 24.3 Å². The third kappa shape index (κ3) is 8.40. The molecule has 6 N–H and O–H groups in total. The van der Waals surface area contributed by atoms with Gasteiger partial charge in [-0.3, -0.25) is 19.2 Å². The summed E-state index contributed by atoms with van der Waals surface area (Å²) in [5.74, 6) is -2.94. The van der Waals surface area contributed by atoms with Gasteiger partial charge in [0.05, 0.1) is 12.5 Å². The minimum Gasteiger partial charge on any atom is -0.426 e. The monoisotopic (exact) mass is 412 g/mol. The van der Waals surface area contributed by atoms with Crippen LogP contribution in [-0.4, -0.2) is 65.4 Å². The summed E-state index contributed by atoms with van der Waals surface area (Å²) in [6, 6.07) is -1.58. The molecule has 0 aromatic rings. The van der Waals surface area contributed by atoms with Crippen LogP contribution >= 0.6 is 0 Å². The molecule has 164 valence electrons. The highest BCUT2D eigenvalue weighted by Crippen LogP contribution is 2.28. The average molecular weight is 412 g/mol. The van der Waals surface area contributed by atoms with Crippen molar-refractivity contribution in [3.8, 4) is 0 Å². The lowest BCUT2D eigenvalue weighted by molar-refractivity contribution is -0.134. The van der Waals surface area contributed by atoms with Crippen molar-refractivity contribution in [3.63, 3.8) is 0 Å². The van der Waals surface area contributed by atoms with Crippen LogP contribution in [0.1, 0.15) is 53.4 Å². The average Bonchev–Trinajstić information content (AvgIpc) is 3.15. The second kappa shape index (κ2) is 11.8. The van der Waals surface area contributed by atoms with Crippen LogP contribution in [0.2, 0.25) is 0 Å². The smallest absolute Gasteiger partial charge is 0.426 e. The number of rotatable bonds is 10. The molecule has 1 aliphatic carbocycles. The van der Waals surface area contributed by atoms with Crippen LogP contribution in [0.25, 0.3) is 0 Å². The molecule has 29 heavy (non-hydrogen) atoms. The van der Waals surface area contributed by atoms with Gasteiger partial charge in [-0.1, -0.05) is 26.7 Å². The normalized spacial score (nSPS) is 17.2. The zero-order chi connectivity index (χ0) is 22.1.